The van der Waals surface area contributed by atoms with Crippen molar-refractivity contribution in [1.82, 2.24) is 9.38 Å². The first-order valence-electron chi connectivity index (χ1n) is 8.63. The van der Waals surface area contributed by atoms with Crippen molar-refractivity contribution in [2.45, 2.75) is 13.8 Å². The Balaban J connectivity index is 1.68. The number of hydrogen-bond acceptors (Lipinski definition) is 2. The van der Waals surface area contributed by atoms with Crippen molar-refractivity contribution in [3.05, 3.63) is 87.3 Å². The molecule has 2 aromatic carbocycles. The SMILES string of the molecule is Cc1ccn2cc(-c3ccc(C)c(NC(=O)c4ccccc4I)c3)nc2c1. The molecule has 0 aliphatic rings. The lowest BCUT2D eigenvalue weighted by molar-refractivity contribution is 0.102. The van der Waals surface area contributed by atoms with Crippen LogP contribution in [0.1, 0.15) is 21.5 Å². The van der Waals surface area contributed by atoms with E-state index in [0.29, 0.717) is 5.56 Å². The zero-order valence-electron chi connectivity index (χ0n) is 15.0. The molecule has 5 heteroatoms. The van der Waals surface area contributed by atoms with Crippen molar-refractivity contribution in [2.75, 3.05) is 5.32 Å². The quantitative estimate of drug-likeness (QED) is 0.406. The highest BCUT2D eigenvalue weighted by Gasteiger charge is 2.12. The predicted octanol–water partition coefficient (Wildman–Crippen LogP) is 5.48. The van der Waals surface area contributed by atoms with Gasteiger partial charge < -0.3 is 9.72 Å². The smallest absolute Gasteiger partial charge is 0.256 e. The average Bonchev–Trinajstić information content (AvgIpc) is 3.07. The number of imidazole rings is 1. The first kappa shape index (κ1) is 17.7. The van der Waals surface area contributed by atoms with E-state index in [0.717, 1.165) is 31.7 Å². The summed E-state index contributed by atoms with van der Waals surface area (Å²) in [6.07, 6.45) is 4.01. The van der Waals surface area contributed by atoms with Gasteiger partial charge in [-0.3, -0.25) is 4.79 Å². The maximum absolute atomic E-state index is 12.7. The molecular weight excluding hydrogens is 449 g/mol. The number of benzene rings is 2. The van der Waals surface area contributed by atoms with E-state index < -0.39 is 0 Å². The maximum atomic E-state index is 12.7. The van der Waals surface area contributed by atoms with Crippen LogP contribution in [0.4, 0.5) is 5.69 Å². The molecule has 1 amide bonds. The minimum absolute atomic E-state index is 0.106. The average molecular weight is 467 g/mol. The van der Waals surface area contributed by atoms with E-state index in [1.54, 1.807) is 0 Å². The van der Waals surface area contributed by atoms with Gasteiger partial charge in [-0.1, -0.05) is 24.3 Å². The van der Waals surface area contributed by atoms with Crippen molar-refractivity contribution in [3.8, 4) is 11.3 Å². The van der Waals surface area contributed by atoms with Gasteiger partial charge in [0.15, 0.2) is 0 Å². The molecule has 134 valence electrons. The van der Waals surface area contributed by atoms with Crippen LogP contribution in [0.15, 0.2) is 67.0 Å². The van der Waals surface area contributed by atoms with Gasteiger partial charge in [0.05, 0.1) is 11.3 Å². The summed E-state index contributed by atoms with van der Waals surface area (Å²) >= 11 is 2.18. The molecular formula is C22H18IN3O. The topological polar surface area (TPSA) is 46.4 Å². The van der Waals surface area contributed by atoms with E-state index in [1.807, 2.05) is 66.2 Å². The number of aryl methyl sites for hydroxylation is 2. The lowest BCUT2D eigenvalue weighted by atomic mass is 10.1. The van der Waals surface area contributed by atoms with Gasteiger partial charge in [0.2, 0.25) is 0 Å². The molecule has 4 nitrogen and oxygen atoms in total. The van der Waals surface area contributed by atoms with Crippen LogP contribution in [0, 0.1) is 17.4 Å². The predicted molar refractivity (Wildman–Crippen MR) is 117 cm³/mol. The fourth-order valence-corrected chi connectivity index (χ4v) is 3.61. The maximum Gasteiger partial charge on any atom is 0.256 e. The van der Waals surface area contributed by atoms with E-state index in [-0.39, 0.29) is 5.91 Å². The Morgan fingerprint density at radius 1 is 1.07 bits per heavy atom. The second kappa shape index (κ2) is 7.15. The van der Waals surface area contributed by atoms with Crippen LogP contribution in [-0.4, -0.2) is 15.3 Å². The molecule has 1 N–H and O–H groups in total. The molecule has 0 fully saturated rings. The molecule has 4 rings (SSSR count). The van der Waals surface area contributed by atoms with Gasteiger partial charge in [0, 0.05) is 27.2 Å². The number of halogens is 1. The third-order valence-corrected chi connectivity index (χ3v) is 5.46. The van der Waals surface area contributed by atoms with E-state index in [2.05, 4.69) is 47.0 Å². The van der Waals surface area contributed by atoms with Gasteiger partial charge in [0.25, 0.3) is 5.91 Å². The Kier molecular flexibility index (Phi) is 4.70. The molecule has 4 aromatic rings. The highest BCUT2D eigenvalue weighted by atomic mass is 127. The number of nitrogens with one attached hydrogen (secondary N) is 1. The van der Waals surface area contributed by atoms with E-state index in [4.69, 9.17) is 4.98 Å². The Morgan fingerprint density at radius 2 is 1.89 bits per heavy atom. The Hall–Kier alpha value is -2.67. The van der Waals surface area contributed by atoms with Crippen LogP contribution >= 0.6 is 22.6 Å². The number of hydrogen-bond donors (Lipinski definition) is 1. The monoisotopic (exact) mass is 467 g/mol. The van der Waals surface area contributed by atoms with Crippen molar-refractivity contribution in [3.63, 3.8) is 0 Å². The van der Waals surface area contributed by atoms with Gasteiger partial charge in [-0.15, -0.1) is 0 Å². The molecule has 0 saturated carbocycles. The van der Waals surface area contributed by atoms with Gasteiger partial charge >= 0.3 is 0 Å². The fraction of sp³-hybridized carbons (Fsp3) is 0.0909. The Labute approximate surface area is 171 Å². The van der Waals surface area contributed by atoms with E-state index >= 15 is 0 Å². The minimum Gasteiger partial charge on any atom is -0.322 e. The van der Waals surface area contributed by atoms with Gasteiger partial charge in [0.1, 0.15) is 5.65 Å². The lowest BCUT2D eigenvalue weighted by Gasteiger charge is -2.11. The molecule has 0 aliphatic carbocycles. The molecule has 0 saturated heterocycles. The molecule has 0 aliphatic heterocycles. The first-order chi connectivity index (χ1) is 13.0. The molecule has 2 aromatic heterocycles. The molecule has 0 bridgehead atoms. The summed E-state index contributed by atoms with van der Waals surface area (Å²) in [7, 11) is 0. The summed E-state index contributed by atoms with van der Waals surface area (Å²) in [5.74, 6) is -0.106. The summed E-state index contributed by atoms with van der Waals surface area (Å²) < 4.78 is 2.93. The summed E-state index contributed by atoms with van der Waals surface area (Å²) in [5, 5.41) is 3.04. The number of rotatable bonds is 3. The van der Waals surface area contributed by atoms with Crippen molar-refractivity contribution >= 4 is 39.8 Å². The minimum atomic E-state index is -0.106. The number of aromatic nitrogens is 2. The molecule has 0 atom stereocenters. The summed E-state index contributed by atoms with van der Waals surface area (Å²) in [6.45, 7) is 4.04. The molecule has 0 unspecified atom stereocenters. The number of carbonyl (C=O) groups is 1. The second-order valence-electron chi connectivity index (χ2n) is 6.56. The summed E-state index contributed by atoms with van der Waals surface area (Å²) in [5.41, 5.74) is 6.42. The molecule has 0 spiro atoms. The van der Waals surface area contributed by atoms with Crippen LogP contribution < -0.4 is 5.32 Å². The number of anilines is 1. The fourth-order valence-electron chi connectivity index (χ4n) is 2.97. The third-order valence-electron chi connectivity index (χ3n) is 4.52. The zero-order chi connectivity index (χ0) is 19.0. The van der Waals surface area contributed by atoms with Crippen LogP contribution in [0.5, 0.6) is 0 Å². The van der Waals surface area contributed by atoms with Gasteiger partial charge in [-0.25, -0.2) is 4.98 Å². The van der Waals surface area contributed by atoms with Gasteiger partial charge in [-0.05, 0) is 77.9 Å². The number of carbonyl (C=O) groups excluding carboxylic acids is 1. The van der Waals surface area contributed by atoms with Crippen LogP contribution in [0.3, 0.4) is 0 Å². The van der Waals surface area contributed by atoms with Crippen LogP contribution in [-0.2, 0) is 0 Å². The van der Waals surface area contributed by atoms with Crippen molar-refractivity contribution < 1.29 is 4.79 Å². The van der Waals surface area contributed by atoms with Crippen LogP contribution in [0.2, 0.25) is 0 Å². The number of nitrogens with zero attached hydrogens (tertiary/aromatic N) is 2. The largest absolute Gasteiger partial charge is 0.322 e. The first-order valence-corrected chi connectivity index (χ1v) is 9.71. The van der Waals surface area contributed by atoms with E-state index in [9.17, 15) is 4.79 Å². The molecule has 2 heterocycles. The standard InChI is InChI=1S/C22H18IN3O/c1-14-9-10-26-13-20(24-21(26)11-14)16-8-7-15(2)19(12-16)25-22(27)17-5-3-4-6-18(17)23/h3-13H,1-2H3,(H,25,27). The highest BCUT2D eigenvalue weighted by molar-refractivity contribution is 14.1. The number of pyridine rings is 1. The number of amides is 1. The number of fused-ring (bicyclic) bond motifs is 1. The zero-order valence-corrected chi connectivity index (χ0v) is 17.2. The lowest BCUT2D eigenvalue weighted by Crippen LogP contribution is -2.14. The Bertz CT molecular complexity index is 1160. The second-order valence-corrected chi connectivity index (χ2v) is 7.72. The highest BCUT2D eigenvalue weighted by Crippen LogP contribution is 2.26. The molecule has 0 radical (unpaired) electrons. The van der Waals surface area contributed by atoms with Crippen molar-refractivity contribution in [1.29, 1.82) is 0 Å². The summed E-state index contributed by atoms with van der Waals surface area (Å²) in [4.78, 5) is 17.4. The Morgan fingerprint density at radius 3 is 2.70 bits per heavy atom. The summed E-state index contributed by atoms with van der Waals surface area (Å²) in [6, 6.07) is 17.7. The van der Waals surface area contributed by atoms with Crippen molar-refractivity contribution in [2.24, 2.45) is 0 Å². The normalized spacial score (nSPS) is 10.9. The third kappa shape index (κ3) is 3.60. The molecule has 27 heavy (non-hydrogen) atoms. The van der Waals surface area contributed by atoms with Crippen LogP contribution in [0.25, 0.3) is 16.9 Å². The van der Waals surface area contributed by atoms with Gasteiger partial charge in [-0.2, -0.15) is 0 Å². The van der Waals surface area contributed by atoms with E-state index in [1.165, 1.54) is 5.56 Å².